The van der Waals surface area contributed by atoms with Crippen molar-refractivity contribution in [2.24, 2.45) is 0 Å². The first-order chi connectivity index (χ1) is 16.9. The SMILES string of the molecule is CN(Cc1nnc(-c2ccc(C(C)(C)C)cc2)o1)C(=O)CN(C)S(=O)(=O)c1ccc2ccccc2c1. The van der Waals surface area contributed by atoms with Gasteiger partial charge in [-0.25, -0.2) is 8.42 Å². The molecular formula is C27H30N4O4S. The first-order valence-electron chi connectivity index (χ1n) is 11.6. The van der Waals surface area contributed by atoms with Crippen molar-refractivity contribution in [2.45, 2.75) is 37.6 Å². The van der Waals surface area contributed by atoms with Gasteiger partial charge in [0, 0.05) is 19.7 Å². The maximum absolute atomic E-state index is 13.1. The van der Waals surface area contributed by atoms with Gasteiger partial charge in [-0.2, -0.15) is 4.31 Å². The second-order valence-corrected chi connectivity index (χ2v) is 11.9. The molecule has 0 N–H and O–H groups in total. The Morgan fingerprint density at radius 3 is 2.25 bits per heavy atom. The molecule has 0 unspecified atom stereocenters. The maximum atomic E-state index is 13.1. The summed E-state index contributed by atoms with van der Waals surface area (Å²) < 4.78 is 32.9. The van der Waals surface area contributed by atoms with Crippen LogP contribution >= 0.6 is 0 Å². The zero-order valence-electron chi connectivity index (χ0n) is 21.1. The van der Waals surface area contributed by atoms with Gasteiger partial charge in [0.05, 0.1) is 18.0 Å². The highest BCUT2D eigenvalue weighted by molar-refractivity contribution is 7.89. The van der Waals surface area contributed by atoms with E-state index in [1.165, 1.54) is 17.5 Å². The summed E-state index contributed by atoms with van der Waals surface area (Å²) in [6.07, 6.45) is 0. The lowest BCUT2D eigenvalue weighted by Crippen LogP contribution is -2.39. The fraction of sp³-hybridized carbons (Fsp3) is 0.296. The third-order valence-electron chi connectivity index (χ3n) is 6.05. The highest BCUT2D eigenvalue weighted by Gasteiger charge is 2.25. The van der Waals surface area contributed by atoms with E-state index in [9.17, 15) is 13.2 Å². The van der Waals surface area contributed by atoms with Crippen molar-refractivity contribution in [1.29, 1.82) is 0 Å². The Morgan fingerprint density at radius 2 is 1.58 bits per heavy atom. The van der Waals surface area contributed by atoms with Gasteiger partial charge in [0.25, 0.3) is 0 Å². The van der Waals surface area contributed by atoms with Gasteiger partial charge in [-0.3, -0.25) is 4.79 Å². The minimum absolute atomic E-state index is 0.0382. The van der Waals surface area contributed by atoms with Crippen molar-refractivity contribution in [1.82, 2.24) is 19.4 Å². The van der Waals surface area contributed by atoms with Crippen molar-refractivity contribution in [3.8, 4) is 11.5 Å². The minimum Gasteiger partial charge on any atom is -0.419 e. The van der Waals surface area contributed by atoms with Gasteiger partial charge in [0.2, 0.25) is 27.7 Å². The molecular weight excluding hydrogens is 476 g/mol. The zero-order valence-corrected chi connectivity index (χ0v) is 21.9. The van der Waals surface area contributed by atoms with Gasteiger partial charge in [-0.05, 0) is 46.0 Å². The summed E-state index contributed by atoms with van der Waals surface area (Å²) in [5, 5.41) is 9.90. The lowest BCUT2D eigenvalue weighted by atomic mass is 9.87. The van der Waals surface area contributed by atoms with Crippen LogP contribution in [0.1, 0.15) is 32.2 Å². The van der Waals surface area contributed by atoms with Gasteiger partial charge in [0.15, 0.2) is 0 Å². The number of aromatic nitrogens is 2. The summed E-state index contributed by atoms with van der Waals surface area (Å²) >= 11 is 0. The third-order valence-corrected chi connectivity index (χ3v) is 7.85. The molecule has 9 heteroatoms. The number of fused-ring (bicyclic) bond motifs is 1. The van der Waals surface area contributed by atoms with Crippen LogP contribution in [0, 0.1) is 0 Å². The topological polar surface area (TPSA) is 96.6 Å². The van der Waals surface area contributed by atoms with Crippen LogP contribution in [0.25, 0.3) is 22.2 Å². The number of likely N-dealkylation sites (N-methyl/N-ethyl adjacent to an activating group) is 2. The standard InChI is InChI=1S/C27H30N4O4S/c1-27(2,3)22-13-10-20(11-14-22)26-29-28-24(35-26)17-30(4)25(32)18-31(5)36(33,34)23-15-12-19-8-6-7-9-21(19)16-23/h6-16H,17-18H2,1-5H3. The molecule has 0 bridgehead atoms. The van der Waals surface area contributed by atoms with E-state index in [-0.39, 0.29) is 29.3 Å². The Hall–Kier alpha value is -3.56. The van der Waals surface area contributed by atoms with Crippen LogP contribution in [0.2, 0.25) is 0 Å². The molecule has 0 radical (unpaired) electrons. The van der Waals surface area contributed by atoms with Crippen LogP contribution in [-0.4, -0.2) is 54.4 Å². The van der Waals surface area contributed by atoms with Crippen LogP contribution in [0.15, 0.2) is 76.0 Å². The Kier molecular flexibility index (Phi) is 6.97. The normalized spacial score (nSPS) is 12.3. The summed E-state index contributed by atoms with van der Waals surface area (Å²) in [5.74, 6) is 0.235. The average Bonchev–Trinajstić information content (AvgIpc) is 3.31. The number of nitrogens with zero attached hydrogens (tertiary/aromatic N) is 4. The van der Waals surface area contributed by atoms with E-state index in [0.29, 0.717) is 5.89 Å². The van der Waals surface area contributed by atoms with Gasteiger partial charge >= 0.3 is 0 Å². The molecule has 8 nitrogen and oxygen atoms in total. The lowest BCUT2D eigenvalue weighted by molar-refractivity contribution is -0.130. The van der Waals surface area contributed by atoms with E-state index in [1.807, 2.05) is 48.5 Å². The van der Waals surface area contributed by atoms with Crippen LogP contribution in [0.3, 0.4) is 0 Å². The molecule has 0 saturated heterocycles. The molecule has 0 fully saturated rings. The first-order valence-corrected chi connectivity index (χ1v) is 13.0. The predicted octanol–water partition coefficient (Wildman–Crippen LogP) is 4.47. The fourth-order valence-electron chi connectivity index (χ4n) is 3.74. The molecule has 3 aromatic carbocycles. The van der Waals surface area contributed by atoms with Crippen LogP contribution < -0.4 is 0 Å². The number of hydrogen-bond acceptors (Lipinski definition) is 6. The van der Waals surface area contributed by atoms with Crippen molar-refractivity contribution >= 4 is 26.7 Å². The number of hydrogen-bond donors (Lipinski definition) is 0. The second kappa shape index (κ2) is 9.83. The molecule has 188 valence electrons. The number of carbonyl (C=O) groups is 1. The van der Waals surface area contributed by atoms with Gasteiger partial charge in [0.1, 0.15) is 0 Å². The van der Waals surface area contributed by atoms with Crippen LogP contribution in [0.4, 0.5) is 0 Å². The monoisotopic (exact) mass is 506 g/mol. The van der Waals surface area contributed by atoms with Crippen molar-refractivity contribution < 1.29 is 17.6 Å². The number of carbonyl (C=O) groups excluding carboxylic acids is 1. The Balaban J connectivity index is 1.40. The maximum Gasteiger partial charge on any atom is 0.247 e. The van der Waals surface area contributed by atoms with Crippen LogP contribution in [-0.2, 0) is 26.8 Å². The molecule has 4 aromatic rings. The molecule has 4 rings (SSSR count). The van der Waals surface area contributed by atoms with Crippen molar-refractivity contribution in [3.63, 3.8) is 0 Å². The molecule has 0 aliphatic rings. The molecule has 0 spiro atoms. The predicted molar refractivity (Wildman–Crippen MR) is 139 cm³/mol. The summed E-state index contributed by atoms with van der Waals surface area (Å²) in [6.45, 7) is 6.18. The largest absolute Gasteiger partial charge is 0.419 e. The molecule has 0 saturated carbocycles. The molecule has 1 amide bonds. The van der Waals surface area contributed by atoms with E-state index in [1.54, 1.807) is 25.2 Å². The van der Waals surface area contributed by atoms with Gasteiger partial charge in [-0.1, -0.05) is 63.2 Å². The molecule has 0 atom stereocenters. The van der Waals surface area contributed by atoms with E-state index in [0.717, 1.165) is 20.6 Å². The fourth-order valence-corrected chi connectivity index (χ4v) is 4.90. The Bertz CT molecular complexity index is 1490. The summed E-state index contributed by atoms with van der Waals surface area (Å²) in [7, 11) is -0.882. The Morgan fingerprint density at radius 1 is 0.917 bits per heavy atom. The zero-order chi connectivity index (χ0) is 26.1. The van der Waals surface area contributed by atoms with Crippen molar-refractivity contribution in [3.05, 3.63) is 78.2 Å². The summed E-state index contributed by atoms with van der Waals surface area (Å²) in [4.78, 5) is 14.3. The smallest absolute Gasteiger partial charge is 0.247 e. The van der Waals surface area contributed by atoms with E-state index in [2.05, 4.69) is 31.0 Å². The average molecular weight is 507 g/mol. The number of amides is 1. The van der Waals surface area contributed by atoms with Crippen LogP contribution in [0.5, 0.6) is 0 Å². The molecule has 0 aliphatic heterocycles. The second-order valence-electron chi connectivity index (χ2n) is 9.85. The van der Waals surface area contributed by atoms with E-state index < -0.39 is 15.9 Å². The van der Waals surface area contributed by atoms with E-state index >= 15 is 0 Å². The molecule has 1 aromatic heterocycles. The number of rotatable bonds is 7. The minimum atomic E-state index is -3.84. The lowest BCUT2D eigenvalue weighted by Gasteiger charge is -2.21. The van der Waals surface area contributed by atoms with Gasteiger partial charge < -0.3 is 9.32 Å². The first kappa shape index (κ1) is 25.5. The van der Waals surface area contributed by atoms with E-state index in [4.69, 9.17) is 4.42 Å². The number of benzene rings is 3. The highest BCUT2D eigenvalue weighted by Crippen LogP contribution is 2.26. The quantitative estimate of drug-likeness (QED) is 0.367. The molecule has 36 heavy (non-hydrogen) atoms. The molecule has 1 heterocycles. The molecule has 0 aliphatic carbocycles. The van der Waals surface area contributed by atoms with Gasteiger partial charge in [-0.15, -0.1) is 10.2 Å². The summed E-state index contributed by atoms with van der Waals surface area (Å²) in [6, 6.07) is 20.4. The van der Waals surface area contributed by atoms with Crippen molar-refractivity contribution in [2.75, 3.05) is 20.6 Å². The number of sulfonamides is 1. The highest BCUT2D eigenvalue weighted by atomic mass is 32.2. The third kappa shape index (κ3) is 5.47. The summed E-state index contributed by atoms with van der Waals surface area (Å²) in [5.41, 5.74) is 2.02. The Labute approximate surface area is 211 Å².